The first-order chi connectivity index (χ1) is 17.2. The Kier molecular flexibility index (Phi) is 4.69. The number of nitrogens with zero attached hydrogens (tertiary/aromatic N) is 2. The molecule has 3 aliphatic carbocycles. The zero-order valence-corrected chi connectivity index (χ0v) is 21.7. The number of aliphatic hydroxyl groups is 2. The summed E-state index contributed by atoms with van der Waals surface area (Å²) in [5.74, 6) is 0.338. The monoisotopic (exact) mass is 484 g/mol. The van der Waals surface area contributed by atoms with E-state index in [1.54, 1.807) is 0 Å². The smallest absolute Gasteiger partial charge is 0.105 e. The number of ether oxygens (including phenoxy) is 1. The predicted octanol–water partition coefficient (Wildman–Crippen LogP) is 4.65. The van der Waals surface area contributed by atoms with Crippen LogP contribution < -0.4 is 0 Å². The van der Waals surface area contributed by atoms with E-state index in [9.17, 15) is 10.2 Å². The third kappa shape index (κ3) is 2.72. The number of hydrogen-bond donors (Lipinski definition) is 2. The molecular formula is C31H36N2O3. The summed E-state index contributed by atoms with van der Waals surface area (Å²) in [7, 11) is 3.97. The third-order valence-corrected chi connectivity index (χ3v) is 10.3. The van der Waals surface area contributed by atoms with Gasteiger partial charge in [-0.1, -0.05) is 42.8 Å². The molecule has 0 radical (unpaired) electrons. The maximum absolute atomic E-state index is 11.2. The van der Waals surface area contributed by atoms with Crippen molar-refractivity contribution in [3.8, 4) is 0 Å². The van der Waals surface area contributed by atoms with Crippen LogP contribution in [0.15, 0.2) is 65.4 Å². The van der Waals surface area contributed by atoms with E-state index in [0.29, 0.717) is 5.92 Å². The van der Waals surface area contributed by atoms with Gasteiger partial charge in [-0.3, -0.25) is 4.98 Å². The van der Waals surface area contributed by atoms with Gasteiger partial charge in [-0.2, -0.15) is 0 Å². The molecule has 188 valence electrons. The minimum atomic E-state index is -0.892. The molecule has 5 aliphatic rings. The molecule has 2 N–H and O–H groups in total. The lowest BCUT2D eigenvalue weighted by Crippen LogP contribution is -2.62. The van der Waals surface area contributed by atoms with Crippen molar-refractivity contribution in [2.75, 3.05) is 14.1 Å². The Labute approximate surface area is 213 Å². The molecule has 1 saturated carbocycles. The van der Waals surface area contributed by atoms with Gasteiger partial charge in [0.05, 0.1) is 22.8 Å². The molecule has 1 saturated heterocycles. The second-order valence-electron chi connectivity index (χ2n) is 12.3. The highest BCUT2D eigenvalue weighted by Crippen LogP contribution is 2.69. The molecular weight excluding hydrogens is 448 g/mol. The molecule has 2 bridgehead atoms. The summed E-state index contributed by atoms with van der Waals surface area (Å²) in [4.78, 5) is 6.66. The number of likely N-dealkylation sites (N-methyl/N-ethyl adjacent to an activating group) is 1. The normalized spacial score (nSPS) is 41.2. The molecule has 2 fully saturated rings. The standard InChI is InChI=1S/C31H36N2O3/c1-18-16-29(2)21(19-7-5-9-24-20(19)8-6-14-32-24)10-11-26(29)31-13-12-30(36-31)17-25(33(3)4)28(35)27(34)23(30)15-22(18)31/h5-10,14-15,25-28,34-35H,11-13,16-17H2,1-4H3/t25-,26?,27+,28+,29+,30+,31+/m0/s1. The van der Waals surface area contributed by atoms with Gasteiger partial charge in [-0.25, -0.2) is 0 Å². The molecule has 2 aliphatic heterocycles. The van der Waals surface area contributed by atoms with Crippen LogP contribution in [0.5, 0.6) is 0 Å². The van der Waals surface area contributed by atoms with Crippen LogP contribution in [-0.4, -0.2) is 63.6 Å². The Morgan fingerprint density at radius 1 is 1.11 bits per heavy atom. The number of pyridine rings is 1. The Morgan fingerprint density at radius 2 is 1.94 bits per heavy atom. The summed E-state index contributed by atoms with van der Waals surface area (Å²) in [6.07, 6.45) is 9.41. The molecule has 2 spiro atoms. The lowest BCUT2D eigenvalue weighted by molar-refractivity contribution is -0.162. The Bertz CT molecular complexity index is 1370. The molecule has 7 rings (SSSR count). The van der Waals surface area contributed by atoms with Crippen LogP contribution in [0.2, 0.25) is 0 Å². The number of rotatable bonds is 2. The highest BCUT2D eigenvalue weighted by molar-refractivity contribution is 5.93. The van der Waals surface area contributed by atoms with Crippen LogP contribution in [0.25, 0.3) is 16.5 Å². The van der Waals surface area contributed by atoms with Crippen molar-refractivity contribution >= 4 is 16.5 Å². The van der Waals surface area contributed by atoms with Gasteiger partial charge in [0, 0.05) is 29.0 Å². The van der Waals surface area contributed by atoms with Crippen molar-refractivity contribution in [2.24, 2.45) is 11.3 Å². The van der Waals surface area contributed by atoms with Crippen LogP contribution in [-0.2, 0) is 4.74 Å². The molecule has 0 amide bonds. The van der Waals surface area contributed by atoms with Crippen LogP contribution in [0.1, 0.15) is 51.5 Å². The van der Waals surface area contributed by atoms with E-state index in [1.807, 2.05) is 31.3 Å². The van der Waals surface area contributed by atoms with Crippen molar-refractivity contribution < 1.29 is 14.9 Å². The van der Waals surface area contributed by atoms with Gasteiger partial charge in [0.1, 0.15) is 6.10 Å². The van der Waals surface area contributed by atoms with Crippen molar-refractivity contribution in [2.45, 2.75) is 75.4 Å². The second-order valence-corrected chi connectivity index (χ2v) is 12.3. The lowest BCUT2D eigenvalue weighted by Gasteiger charge is -2.56. The van der Waals surface area contributed by atoms with Gasteiger partial charge in [0.15, 0.2) is 0 Å². The molecule has 36 heavy (non-hydrogen) atoms. The van der Waals surface area contributed by atoms with Crippen molar-refractivity contribution in [1.82, 2.24) is 9.88 Å². The third-order valence-electron chi connectivity index (χ3n) is 10.3. The van der Waals surface area contributed by atoms with Gasteiger partial charge < -0.3 is 19.8 Å². The van der Waals surface area contributed by atoms with Crippen LogP contribution in [0.3, 0.4) is 0 Å². The van der Waals surface area contributed by atoms with Crippen LogP contribution in [0.4, 0.5) is 0 Å². The summed E-state index contributed by atoms with van der Waals surface area (Å²) < 4.78 is 7.33. The molecule has 5 nitrogen and oxygen atoms in total. The van der Waals surface area contributed by atoms with Gasteiger partial charge >= 0.3 is 0 Å². The molecule has 2 aromatic rings. The Balaban J connectivity index is 1.36. The molecule has 5 heteroatoms. The van der Waals surface area contributed by atoms with Crippen molar-refractivity contribution in [1.29, 1.82) is 0 Å². The number of hydrogen-bond acceptors (Lipinski definition) is 5. The van der Waals surface area contributed by atoms with Crippen LogP contribution >= 0.6 is 0 Å². The number of aliphatic hydroxyl groups excluding tert-OH is 2. The maximum atomic E-state index is 11.2. The summed E-state index contributed by atoms with van der Waals surface area (Å²) in [5, 5.41) is 23.4. The van der Waals surface area contributed by atoms with E-state index < -0.39 is 17.8 Å². The lowest BCUT2D eigenvalue weighted by atomic mass is 9.56. The average Bonchev–Trinajstić information content (AvgIpc) is 3.36. The van der Waals surface area contributed by atoms with E-state index in [1.165, 1.54) is 27.7 Å². The first-order valence-corrected chi connectivity index (χ1v) is 13.4. The Morgan fingerprint density at radius 3 is 2.75 bits per heavy atom. The number of fused-ring (bicyclic) bond motifs is 2. The fraction of sp³-hybridized carbons (Fsp3) is 0.516. The van der Waals surface area contributed by atoms with Gasteiger partial charge in [-0.05, 0) is 87.5 Å². The number of allylic oxidation sites excluding steroid dienone is 3. The van der Waals surface area contributed by atoms with E-state index >= 15 is 0 Å². The van der Waals surface area contributed by atoms with Crippen molar-refractivity contribution in [3.63, 3.8) is 0 Å². The minimum Gasteiger partial charge on any atom is -0.388 e. The summed E-state index contributed by atoms with van der Waals surface area (Å²) in [5.41, 5.74) is 6.37. The fourth-order valence-electron chi connectivity index (χ4n) is 8.76. The summed E-state index contributed by atoms with van der Waals surface area (Å²) in [6, 6.07) is 10.6. The van der Waals surface area contributed by atoms with E-state index in [0.717, 1.165) is 43.2 Å². The first kappa shape index (κ1) is 22.9. The highest BCUT2D eigenvalue weighted by Gasteiger charge is 2.68. The molecule has 1 unspecified atom stereocenters. The second kappa shape index (κ2) is 7.38. The van der Waals surface area contributed by atoms with E-state index in [2.05, 4.69) is 55.2 Å². The highest BCUT2D eigenvalue weighted by atomic mass is 16.5. The maximum Gasteiger partial charge on any atom is 0.105 e. The Hall–Kier alpha value is -2.31. The average molecular weight is 485 g/mol. The molecule has 3 heterocycles. The number of benzene rings is 1. The summed E-state index contributed by atoms with van der Waals surface area (Å²) >= 11 is 0. The van der Waals surface area contributed by atoms with Gasteiger partial charge in [-0.15, -0.1) is 0 Å². The molecule has 1 aromatic carbocycles. The zero-order valence-electron chi connectivity index (χ0n) is 21.7. The SMILES string of the molecule is CC1=C2C=C3[C@@H](O)[C@H](O)[C@@H](N(C)C)C[C@]34CC[C@]2(O4)C2CC=C(c3cccc4ncccc34)[C@@]2(C)C1. The quantitative estimate of drug-likeness (QED) is 0.650. The van der Waals surface area contributed by atoms with Crippen molar-refractivity contribution in [3.05, 3.63) is 71.0 Å². The number of aromatic nitrogens is 1. The van der Waals surface area contributed by atoms with Gasteiger partial charge in [0.2, 0.25) is 0 Å². The van der Waals surface area contributed by atoms with Crippen LogP contribution in [0, 0.1) is 11.3 Å². The zero-order chi connectivity index (χ0) is 25.0. The van der Waals surface area contributed by atoms with E-state index in [-0.39, 0.29) is 17.1 Å². The molecule has 7 atom stereocenters. The largest absolute Gasteiger partial charge is 0.388 e. The summed E-state index contributed by atoms with van der Waals surface area (Å²) in [6.45, 7) is 4.69. The minimum absolute atomic E-state index is 0.0394. The van der Waals surface area contributed by atoms with Gasteiger partial charge in [0.25, 0.3) is 0 Å². The first-order valence-electron chi connectivity index (χ1n) is 13.4. The predicted molar refractivity (Wildman–Crippen MR) is 141 cm³/mol. The topological polar surface area (TPSA) is 65.8 Å². The fourth-order valence-corrected chi connectivity index (χ4v) is 8.76. The molecule has 1 aromatic heterocycles. The van der Waals surface area contributed by atoms with E-state index in [4.69, 9.17) is 4.74 Å².